The lowest BCUT2D eigenvalue weighted by molar-refractivity contribution is -0.385. The van der Waals surface area contributed by atoms with Gasteiger partial charge in [0.1, 0.15) is 5.56 Å². The quantitative estimate of drug-likeness (QED) is 0.528. The van der Waals surface area contributed by atoms with Crippen LogP contribution in [-0.2, 0) is 0 Å². The van der Waals surface area contributed by atoms with Crippen molar-refractivity contribution in [2.24, 2.45) is 0 Å². The van der Waals surface area contributed by atoms with Crippen molar-refractivity contribution in [1.82, 2.24) is 0 Å². The van der Waals surface area contributed by atoms with E-state index in [-0.39, 0.29) is 11.3 Å². The van der Waals surface area contributed by atoms with Gasteiger partial charge in [0, 0.05) is 23.1 Å². The molecule has 0 aliphatic rings. The van der Waals surface area contributed by atoms with Crippen LogP contribution in [0.5, 0.6) is 0 Å². The van der Waals surface area contributed by atoms with Crippen LogP contribution < -0.4 is 10.6 Å². The van der Waals surface area contributed by atoms with E-state index in [1.165, 1.54) is 18.2 Å². The van der Waals surface area contributed by atoms with Gasteiger partial charge in [-0.25, -0.2) is 0 Å². The fraction of sp³-hybridized carbons (Fsp3) is 0. The maximum Gasteiger partial charge on any atom is 0.282 e. The van der Waals surface area contributed by atoms with Gasteiger partial charge in [-0.2, -0.15) is 0 Å². The second-order valence-electron chi connectivity index (χ2n) is 5.30. The number of amides is 1. The zero-order chi connectivity index (χ0) is 17.6. The molecule has 6 nitrogen and oxygen atoms in total. The fourth-order valence-electron chi connectivity index (χ4n) is 2.35. The number of rotatable bonds is 5. The van der Waals surface area contributed by atoms with Crippen LogP contribution in [0.2, 0.25) is 0 Å². The minimum atomic E-state index is -0.568. The molecule has 0 radical (unpaired) electrons. The molecule has 0 unspecified atom stereocenters. The third-order valence-electron chi connectivity index (χ3n) is 3.55. The van der Waals surface area contributed by atoms with Gasteiger partial charge in [0.15, 0.2) is 0 Å². The maximum atomic E-state index is 12.3. The number of nitro benzene ring substituents is 1. The van der Waals surface area contributed by atoms with Crippen LogP contribution in [-0.4, -0.2) is 10.8 Å². The molecular weight excluding hydrogens is 318 g/mol. The number of carbonyl (C=O) groups excluding carboxylic acids is 1. The van der Waals surface area contributed by atoms with Gasteiger partial charge in [-0.3, -0.25) is 14.9 Å². The lowest BCUT2D eigenvalue weighted by atomic mass is 10.1. The molecule has 0 saturated heterocycles. The Morgan fingerprint density at radius 1 is 0.760 bits per heavy atom. The highest BCUT2D eigenvalue weighted by Gasteiger charge is 2.19. The Hall–Kier alpha value is -3.67. The Morgan fingerprint density at radius 2 is 1.32 bits per heavy atom. The largest absolute Gasteiger partial charge is 0.356 e. The van der Waals surface area contributed by atoms with Gasteiger partial charge in [0.25, 0.3) is 11.6 Å². The first-order valence-corrected chi connectivity index (χ1v) is 7.60. The van der Waals surface area contributed by atoms with E-state index in [4.69, 9.17) is 0 Å². The first-order valence-electron chi connectivity index (χ1n) is 7.60. The number of hydrogen-bond acceptors (Lipinski definition) is 4. The number of nitrogens with zero attached hydrogens (tertiary/aromatic N) is 1. The molecule has 3 rings (SSSR count). The first-order chi connectivity index (χ1) is 12.1. The lowest BCUT2D eigenvalue weighted by Gasteiger charge is -2.09. The van der Waals surface area contributed by atoms with Crippen LogP contribution in [0.25, 0.3) is 0 Å². The highest BCUT2D eigenvalue weighted by atomic mass is 16.6. The van der Waals surface area contributed by atoms with Crippen molar-refractivity contribution in [2.75, 3.05) is 10.6 Å². The molecule has 3 aromatic rings. The van der Waals surface area contributed by atoms with Gasteiger partial charge in [-0.05, 0) is 42.5 Å². The standard InChI is InChI=1S/C19H15N3O3/c23-19(17-8-4-5-9-18(17)22(24)25)21-16-12-10-15(11-13-16)20-14-6-2-1-3-7-14/h1-13,20H,(H,21,23). The Balaban J connectivity index is 1.71. The molecule has 3 aromatic carbocycles. The molecule has 2 N–H and O–H groups in total. The SMILES string of the molecule is O=C(Nc1ccc(Nc2ccccc2)cc1)c1ccccc1[N+](=O)[O-]. The summed E-state index contributed by atoms with van der Waals surface area (Å²) in [5.74, 6) is -0.518. The number of anilines is 3. The number of para-hydroxylation sites is 2. The molecule has 0 fully saturated rings. The van der Waals surface area contributed by atoms with Crippen molar-refractivity contribution in [2.45, 2.75) is 0 Å². The van der Waals surface area contributed by atoms with E-state index in [2.05, 4.69) is 10.6 Å². The minimum Gasteiger partial charge on any atom is -0.356 e. The second kappa shape index (κ2) is 7.27. The van der Waals surface area contributed by atoms with E-state index in [0.717, 1.165) is 11.4 Å². The van der Waals surface area contributed by atoms with Crippen molar-refractivity contribution in [1.29, 1.82) is 0 Å². The van der Waals surface area contributed by atoms with Gasteiger partial charge in [0.2, 0.25) is 0 Å². The van der Waals surface area contributed by atoms with Crippen LogP contribution in [0, 0.1) is 10.1 Å². The van der Waals surface area contributed by atoms with Crippen LogP contribution in [0.4, 0.5) is 22.7 Å². The Morgan fingerprint density at radius 3 is 2.00 bits per heavy atom. The summed E-state index contributed by atoms with van der Waals surface area (Å²) < 4.78 is 0. The smallest absolute Gasteiger partial charge is 0.282 e. The second-order valence-corrected chi connectivity index (χ2v) is 5.30. The monoisotopic (exact) mass is 333 g/mol. The molecule has 1 amide bonds. The van der Waals surface area contributed by atoms with E-state index in [9.17, 15) is 14.9 Å². The zero-order valence-corrected chi connectivity index (χ0v) is 13.2. The molecule has 0 saturated carbocycles. The zero-order valence-electron chi connectivity index (χ0n) is 13.2. The normalized spacial score (nSPS) is 10.1. The summed E-state index contributed by atoms with van der Waals surface area (Å²) in [7, 11) is 0. The molecule has 124 valence electrons. The van der Waals surface area contributed by atoms with Gasteiger partial charge < -0.3 is 10.6 Å². The number of hydrogen-bond donors (Lipinski definition) is 2. The van der Waals surface area contributed by atoms with Gasteiger partial charge in [-0.1, -0.05) is 30.3 Å². The number of nitro groups is 1. The fourth-order valence-corrected chi connectivity index (χ4v) is 2.35. The van der Waals surface area contributed by atoms with E-state index in [1.807, 2.05) is 42.5 Å². The summed E-state index contributed by atoms with van der Waals surface area (Å²) in [6, 6.07) is 22.7. The van der Waals surface area contributed by atoms with Crippen molar-refractivity contribution in [3.63, 3.8) is 0 Å². The third kappa shape index (κ3) is 4.00. The predicted octanol–water partition coefficient (Wildman–Crippen LogP) is 4.59. The highest BCUT2D eigenvalue weighted by Crippen LogP contribution is 2.21. The first kappa shape index (κ1) is 16.2. The minimum absolute atomic E-state index is 0.0268. The lowest BCUT2D eigenvalue weighted by Crippen LogP contribution is -2.13. The van der Waals surface area contributed by atoms with Crippen molar-refractivity contribution in [3.05, 3.63) is 94.5 Å². The summed E-state index contributed by atoms with van der Waals surface area (Å²) in [5, 5.41) is 16.9. The average Bonchev–Trinajstić information content (AvgIpc) is 2.64. The van der Waals surface area contributed by atoms with E-state index < -0.39 is 10.8 Å². The van der Waals surface area contributed by atoms with Gasteiger partial charge in [-0.15, -0.1) is 0 Å². The Kier molecular flexibility index (Phi) is 4.71. The Labute approximate surface area is 144 Å². The van der Waals surface area contributed by atoms with Crippen LogP contribution in [0.1, 0.15) is 10.4 Å². The van der Waals surface area contributed by atoms with Gasteiger partial charge in [0.05, 0.1) is 4.92 Å². The average molecular weight is 333 g/mol. The van der Waals surface area contributed by atoms with Crippen LogP contribution in [0.3, 0.4) is 0 Å². The third-order valence-corrected chi connectivity index (χ3v) is 3.55. The number of benzene rings is 3. The number of carbonyl (C=O) groups is 1. The highest BCUT2D eigenvalue weighted by molar-refractivity contribution is 6.07. The van der Waals surface area contributed by atoms with Crippen LogP contribution >= 0.6 is 0 Å². The topological polar surface area (TPSA) is 84.3 Å². The molecule has 0 aromatic heterocycles. The summed E-state index contributed by atoms with van der Waals surface area (Å²) in [5.41, 5.74) is 2.19. The Bertz CT molecular complexity index is 893. The predicted molar refractivity (Wildman–Crippen MR) is 97.2 cm³/mol. The van der Waals surface area contributed by atoms with E-state index in [0.29, 0.717) is 5.69 Å². The molecular formula is C19H15N3O3. The van der Waals surface area contributed by atoms with E-state index in [1.54, 1.807) is 18.2 Å². The molecule has 0 bridgehead atoms. The maximum absolute atomic E-state index is 12.3. The molecule has 0 spiro atoms. The summed E-state index contributed by atoms with van der Waals surface area (Å²) in [6.07, 6.45) is 0. The van der Waals surface area contributed by atoms with Crippen LogP contribution in [0.15, 0.2) is 78.9 Å². The summed E-state index contributed by atoms with van der Waals surface area (Å²) in [6.45, 7) is 0. The molecule has 0 aliphatic heterocycles. The van der Waals surface area contributed by atoms with Gasteiger partial charge >= 0.3 is 0 Å². The van der Waals surface area contributed by atoms with E-state index >= 15 is 0 Å². The molecule has 0 atom stereocenters. The van der Waals surface area contributed by atoms with Crippen molar-refractivity contribution in [3.8, 4) is 0 Å². The molecule has 0 heterocycles. The van der Waals surface area contributed by atoms with Crippen molar-refractivity contribution >= 4 is 28.7 Å². The molecule has 6 heteroatoms. The molecule has 0 aliphatic carbocycles. The van der Waals surface area contributed by atoms with Crippen molar-refractivity contribution < 1.29 is 9.72 Å². The molecule has 25 heavy (non-hydrogen) atoms. The summed E-state index contributed by atoms with van der Waals surface area (Å²) >= 11 is 0. The summed E-state index contributed by atoms with van der Waals surface area (Å²) in [4.78, 5) is 22.7. The number of nitrogens with one attached hydrogen (secondary N) is 2.